The summed E-state index contributed by atoms with van der Waals surface area (Å²) in [5, 5.41) is 10.2. The van der Waals surface area contributed by atoms with Crippen LogP contribution in [0, 0.1) is 11.8 Å². The van der Waals surface area contributed by atoms with E-state index in [0.29, 0.717) is 6.42 Å². The summed E-state index contributed by atoms with van der Waals surface area (Å²) in [6.45, 7) is 0. The van der Waals surface area contributed by atoms with Gasteiger partial charge in [0.15, 0.2) is 0 Å². The molecule has 1 N–H and O–H groups in total. The van der Waals surface area contributed by atoms with Gasteiger partial charge in [0.25, 0.3) is 0 Å². The Kier molecular flexibility index (Phi) is 6.81. The zero-order valence-corrected chi connectivity index (χ0v) is 13.4. The summed E-state index contributed by atoms with van der Waals surface area (Å²) in [7, 11) is 0. The standard InChI is InChI=1S/C17H26O3S/c18-12-6-5-8-14-13(15-10-11-16(14)21-15)7-3-1-2-4-9-17(19)20/h1,3,12-16H,2,4-11H2,(H,19,20)/b3-1-/t13-,14+,15-,16+/m0/s1. The van der Waals surface area contributed by atoms with Crippen LogP contribution in [-0.2, 0) is 9.59 Å². The van der Waals surface area contributed by atoms with Crippen molar-refractivity contribution < 1.29 is 14.7 Å². The lowest BCUT2D eigenvalue weighted by molar-refractivity contribution is -0.137. The Hall–Kier alpha value is -0.770. The van der Waals surface area contributed by atoms with E-state index in [-0.39, 0.29) is 6.42 Å². The fourth-order valence-corrected chi connectivity index (χ4v) is 5.82. The van der Waals surface area contributed by atoms with E-state index in [9.17, 15) is 9.59 Å². The number of fused-ring (bicyclic) bond motifs is 2. The number of hydrogen-bond donors (Lipinski definition) is 1. The van der Waals surface area contributed by atoms with Gasteiger partial charge in [-0.2, -0.15) is 11.8 Å². The molecule has 0 aliphatic carbocycles. The number of allylic oxidation sites excluding steroid dienone is 2. The highest BCUT2D eigenvalue weighted by Crippen LogP contribution is 2.55. The highest BCUT2D eigenvalue weighted by Gasteiger charge is 2.46. The Morgan fingerprint density at radius 1 is 1.10 bits per heavy atom. The smallest absolute Gasteiger partial charge is 0.303 e. The van der Waals surface area contributed by atoms with Crippen LogP contribution in [-0.4, -0.2) is 27.9 Å². The summed E-state index contributed by atoms with van der Waals surface area (Å²) >= 11 is 2.18. The van der Waals surface area contributed by atoms with Gasteiger partial charge in [-0.15, -0.1) is 0 Å². The molecule has 4 heteroatoms. The van der Waals surface area contributed by atoms with Crippen molar-refractivity contribution in [2.75, 3.05) is 0 Å². The highest BCUT2D eigenvalue weighted by molar-refractivity contribution is 8.01. The van der Waals surface area contributed by atoms with Crippen molar-refractivity contribution in [3.05, 3.63) is 12.2 Å². The normalized spacial score (nSPS) is 31.0. The van der Waals surface area contributed by atoms with Crippen molar-refractivity contribution >= 4 is 24.0 Å². The number of carbonyl (C=O) groups excluding carboxylic acids is 1. The van der Waals surface area contributed by atoms with E-state index in [1.807, 2.05) is 0 Å². The average Bonchev–Trinajstić information content (AvgIpc) is 3.04. The van der Waals surface area contributed by atoms with Crippen LogP contribution >= 0.6 is 11.8 Å². The van der Waals surface area contributed by atoms with E-state index in [2.05, 4.69) is 23.9 Å². The molecule has 0 saturated carbocycles. The molecule has 2 rings (SSSR count). The number of aliphatic carboxylic acids is 1. The minimum atomic E-state index is -0.705. The van der Waals surface area contributed by atoms with Gasteiger partial charge in [-0.25, -0.2) is 0 Å². The molecule has 2 aliphatic rings. The Morgan fingerprint density at radius 3 is 2.57 bits per heavy atom. The summed E-state index contributed by atoms with van der Waals surface area (Å²) in [5.74, 6) is 0.858. The number of carboxylic acid groups (broad SMARTS) is 1. The molecule has 2 fully saturated rings. The number of aldehydes is 1. The molecule has 4 atom stereocenters. The molecular weight excluding hydrogens is 284 g/mol. The van der Waals surface area contributed by atoms with Crippen LogP contribution in [0.25, 0.3) is 0 Å². The summed E-state index contributed by atoms with van der Waals surface area (Å²) in [4.78, 5) is 20.9. The van der Waals surface area contributed by atoms with E-state index in [4.69, 9.17) is 5.11 Å². The molecule has 0 spiro atoms. The molecule has 21 heavy (non-hydrogen) atoms. The summed E-state index contributed by atoms with van der Waals surface area (Å²) < 4.78 is 0. The van der Waals surface area contributed by atoms with Crippen LogP contribution in [0.2, 0.25) is 0 Å². The maximum Gasteiger partial charge on any atom is 0.303 e. The average molecular weight is 310 g/mol. The Morgan fingerprint density at radius 2 is 1.86 bits per heavy atom. The van der Waals surface area contributed by atoms with Crippen molar-refractivity contribution in [1.82, 2.24) is 0 Å². The minimum absolute atomic E-state index is 0.267. The maximum absolute atomic E-state index is 10.5. The first-order valence-corrected chi connectivity index (χ1v) is 9.12. The number of hydrogen-bond acceptors (Lipinski definition) is 3. The number of unbranched alkanes of at least 4 members (excludes halogenated alkanes) is 2. The molecule has 0 unspecified atom stereocenters. The molecule has 2 aliphatic heterocycles. The van der Waals surface area contributed by atoms with Crippen LogP contribution in [0.1, 0.15) is 57.8 Å². The molecule has 0 aromatic carbocycles. The van der Waals surface area contributed by atoms with Gasteiger partial charge in [-0.1, -0.05) is 12.2 Å². The molecule has 0 aromatic rings. The van der Waals surface area contributed by atoms with Gasteiger partial charge in [0, 0.05) is 23.3 Å². The first kappa shape index (κ1) is 16.6. The third-order valence-electron chi connectivity index (χ3n) is 4.79. The lowest BCUT2D eigenvalue weighted by Crippen LogP contribution is -2.26. The molecule has 2 saturated heterocycles. The predicted molar refractivity (Wildman–Crippen MR) is 86.5 cm³/mol. The first-order chi connectivity index (χ1) is 10.2. The van der Waals surface area contributed by atoms with Crippen LogP contribution in [0.5, 0.6) is 0 Å². The molecule has 0 amide bonds. The fourth-order valence-electron chi connectivity index (χ4n) is 3.78. The summed E-state index contributed by atoms with van der Waals surface area (Å²) in [5.41, 5.74) is 0. The quantitative estimate of drug-likeness (QED) is 0.375. The first-order valence-electron chi connectivity index (χ1n) is 8.18. The van der Waals surface area contributed by atoms with E-state index in [0.717, 1.165) is 54.3 Å². The maximum atomic E-state index is 10.5. The van der Waals surface area contributed by atoms with Gasteiger partial charge >= 0.3 is 5.97 Å². The van der Waals surface area contributed by atoms with E-state index < -0.39 is 5.97 Å². The highest BCUT2D eigenvalue weighted by atomic mass is 32.2. The van der Waals surface area contributed by atoms with Crippen molar-refractivity contribution in [2.45, 2.75) is 68.3 Å². The second kappa shape index (κ2) is 8.62. The second-order valence-corrected chi connectivity index (χ2v) is 7.69. The summed E-state index contributed by atoms with van der Waals surface area (Å²) in [6.07, 6.45) is 14.1. The van der Waals surface area contributed by atoms with Gasteiger partial charge in [0.2, 0.25) is 0 Å². The van der Waals surface area contributed by atoms with Crippen LogP contribution in [0.15, 0.2) is 12.2 Å². The van der Waals surface area contributed by atoms with Crippen molar-refractivity contribution in [3.63, 3.8) is 0 Å². The Labute approximate surface area is 131 Å². The predicted octanol–water partition coefficient (Wildman–Crippen LogP) is 4.07. The minimum Gasteiger partial charge on any atom is -0.481 e. The number of rotatable bonds is 10. The van der Waals surface area contributed by atoms with Gasteiger partial charge in [0.05, 0.1) is 0 Å². The fraction of sp³-hybridized carbons (Fsp3) is 0.765. The van der Waals surface area contributed by atoms with E-state index in [1.54, 1.807) is 0 Å². The number of carboxylic acids is 1. The molecular formula is C17H26O3S. The largest absolute Gasteiger partial charge is 0.481 e. The van der Waals surface area contributed by atoms with Crippen molar-refractivity contribution in [3.8, 4) is 0 Å². The van der Waals surface area contributed by atoms with Crippen LogP contribution < -0.4 is 0 Å². The van der Waals surface area contributed by atoms with Crippen LogP contribution in [0.3, 0.4) is 0 Å². The lowest BCUT2D eigenvalue weighted by atomic mass is 9.75. The van der Waals surface area contributed by atoms with Gasteiger partial charge in [-0.05, 0) is 56.8 Å². The second-order valence-electron chi connectivity index (χ2n) is 6.21. The van der Waals surface area contributed by atoms with Crippen molar-refractivity contribution in [2.24, 2.45) is 11.8 Å². The molecule has 3 nitrogen and oxygen atoms in total. The lowest BCUT2D eigenvalue weighted by Gasteiger charge is -2.29. The van der Waals surface area contributed by atoms with E-state index in [1.165, 1.54) is 19.3 Å². The van der Waals surface area contributed by atoms with Gasteiger partial charge in [-0.3, -0.25) is 4.79 Å². The van der Waals surface area contributed by atoms with Crippen molar-refractivity contribution in [1.29, 1.82) is 0 Å². The zero-order valence-electron chi connectivity index (χ0n) is 12.6. The van der Waals surface area contributed by atoms with E-state index >= 15 is 0 Å². The topological polar surface area (TPSA) is 54.4 Å². The third kappa shape index (κ3) is 4.87. The third-order valence-corrected chi connectivity index (χ3v) is 6.66. The van der Waals surface area contributed by atoms with Crippen LogP contribution in [0.4, 0.5) is 0 Å². The zero-order chi connectivity index (χ0) is 15.1. The Balaban J connectivity index is 1.73. The monoisotopic (exact) mass is 310 g/mol. The molecule has 118 valence electrons. The van der Waals surface area contributed by atoms with Gasteiger partial charge in [0.1, 0.15) is 6.29 Å². The van der Waals surface area contributed by atoms with Gasteiger partial charge < -0.3 is 9.90 Å². The molecule has 2 bridgehead atoms. The molecule has 0 aromatic heterocycles. The molecule has 2 heterocycles. The Bertz CT molecular complexity index is 380. The SMILES string of the molecule is O=CCCC[C@@H]1[C@H](C/C=C\CCCC(=O)O)[C@@H]2CC[C@H]1S2. The summed E-state index contributed by atoms with van der Waals surface area (Å²) in [6, 6.07) is 0. The molecule has 0 radical (unpaired) electrons. The number of carbonyl (C=O) groups is 2. The number of thioether (sulfide) groups is 1.